The maximum atomic E-state index is 12.3. The lowest BCUT2D eigenvalue weighted by atomic mass is 10.0. The number of urea groups is 1. The van der Waals surface area contributed by atoms with Crippen LogP contribution in [-0.2, 0) is 11.3 Å². The molecule has 0 spiro atoms. The number of pyridine rings is 1. The van der Waals surface area contributed by atoms with Crippen molar-refractivity contribution in [3.63, 3.8) is 0 Å². The molecule has 7 nitrogen and oxygen atoms in total. The molecule has 0 saturated carbocycles. The molecule has 3 amide bonds. The SMILES string of the molecule is CC(C)(C)OC(=O)N1CCCCC1CNC(=O)NCc1ccccn1. The van der Waals surface area contributed by atoms with E-state index in [0.29, 0.717) is 19.6 Å². The van der Waals surface area contributed by atoms with Crippen LogP contribution in [0.5, 0.6) is 0 Å². The molecule has 138 valence electrons. The Morgan fingerprint density at radius 2 is 2.08 bits per heavy atom. The smallest absolute Gasteiger partial charge is 0.410 e. The Hall–Kier alpha value is -2.31. The van der Waals surface area contributed by atoms with E-state index in [-0.39, 0.29) is 18.2 Å². The van der Waals surface area contributed by atoms with E-state index in [4.69, 9.17) is 4.74 Å². The minimum Gasteiger partial charge on any atom is -0.444 e. The van der Waals surface area contributed by atoms with Crippen LogP contribution < -0.4 is 10.6 Å². The zero-order valence-corrected chi connectivity index (χ0v) is 15.2. The molecule has 25 heavy (non-hydrogen) atoms. The molecular formula is C18H28N4O3. The molecule has 1 aliphatic rings. The van der Waals surface area contributed by atoms with Crippen LogP contribution in [0.25, 0.3) is 0 Å². The van der Waals surface area contributed by atoms with Crippen LogP contribution in [0.1, 0.15) is 45.7 Å². The number of likely N-dealkylation sites (tertiary alicyclic amines) is 1. The first kappa shape index (κ1) is 19.0. The Labute approximate surface area is 149 Å². The van der Waals surface area contributed by atoms with Crippen molar-refractivity contribution < 1.29 is 14.3 Å². The standard InChI is InChI=1S/C18H28N4O3/c1-18(2,3)25-17(24)22-11-7-5-9-15(22)13-21-16(23)20-12-14-8-4-6-10-19-14/h4,6,8,10,15H,5,7,9,11-13H2,1-3H3,(H2,20,21,23). The number of nitrogens with zero attached hydrogens (tertiary/aromatic N) is 2. The van der Waals surface area contributed by atoms with Gasteiger partial charge in [-0.1, -0.05) is 6.07 Å². The van der Waals surface area contributed by atoms with Crippen molar-refractivity contribution in [1.82, 2.24) is 20.5 Å². The number of amides is 3. The van der Waals surface area contributed by atoms with Gasteiger partial charge in [0.05, 0.1) is 18.3 Å². The summed E-state index contributed by atoms with van der Waals surface area (Å²) in [5.41, 5.74) is 0.276. The van der Waals surface area contributed by atoms with Crippen molar-refractivity contribution in [1.29, 1.82) is 0 Å². The van der Waals surface area contributed by atoms with E-state index in [0.717, 1.165) is 25.0 Å². The fourth-order valence-electron chi connectivity index (χ4n) is 2.72. The fraction of sp³-hybridized carbons (Fsp3) is 0.611. The van der Waals surface area contributed by atoms with E-state index in [1.54, 1.807) is 11.1 Å². The molecule has 2 N–H and O–H groups in total. The van der Waals surface area contributed by atoms with Crippen LogP contribution in [0.15, 0.2) is 24.4 Å². The molecule has 1 unspecified atom stereocenters. The minimum absolute atomic E-state index is 0.0378. The van der Waals surface area contributed by atoms with Crippen LogP contribution in [0.2, 0.25) is 0 Å². The number of hydrogen-bond donors (Lipinski definition) is 2. The maximum absolute atomic E-state index is 12.3. The molecule has 0 aromatic carbocycles. The Balaban J connectivity index is 1.80. The largest absolute Gasteiger partial charge is 0.444 e. The number of piperidine rings is 1. The van der Waals surface area contributed by atoms with Gasteiger partial charge in [-0.2, -0.15) is 0 Å². The molecule has 1 atom stereocenters. The second-order valence-corrected chi connectivity index (χ2v) is 7.21. The lowest BCUT2D eigenvalue weighted by Crippen LogP contribution is -2.51. The van der Waals surface area contributed by atoms with E-state index in [1.807, 2.05) is 39.0 Å². The van der Waals surface area contributed by atoms with Crippen molar-refractivity contribution in [2.45, 2.75) is 58.2 Å². The van der Waals surface area contributed by atoms with Gasteiger partial charge in [-0.15, -0.1) is 0 Å². The number of ether oxygens (including phenoxy) is 1. The molecule has 1 fully saturated rings. The van der Waals surface area contributed by atoms with Gasteiger partial charge in [-0.05, 0) is 52.2 Å². The first-order chi connectivity index (χ1) is 11.8. The normalized spacial score (nSPS) is 17.7. The summed E-state index contributed by atoms with van der Waals surface area (Å²) >= 11 is 0. The maximum Gasteiger partial charge on any atom is 0.410 e. The first-order valence-electron chi connectivity index (χ1n) is 8.76. The van der Waals surface area contributed by atoms with Gasteiger partial charge < -0.3 is 20.3 Å². The van der Waals surface area contributed by atoms with Gasteiger partial charge in [-0.3, -0.25) is 4.98 Å². The summed E-state index contributed by atoms with van der Waals surface area (Å²) in [7, 11) is 0. The highest BCUT2D eigenvalue weighted by Gasteiger charge is 2.30. The molecule has 1 saturated heterocycles. The van der Waals surface area contributed by atoms with E-state index >= 15 is 0 Å². The summed E-state index contributed by atoms with van der Waals surface area (Å²) in [6, 6.07) is 5.26. The van der Waals surface area contributed by atoms with Gasteiger partial charge in [0.25, 0.3) is 0 Å². The van der Waals surface area contributed by atoms with Gasteiger partial charge in [0.1, 0.15) is 5.60 Å². The highest BCUT2D eigenvalue weighted by molar-refractivity contribution is 5.74. The van der Waals surface area contributed by atoms with Crippen LogP contribution in [0, 0.1) is 0 Å². The molecule has 1 aliphatic heterocycles. The molecule has 2 rings (SSSR count). The predicted molar refractivity (Wildman–Crippen MR) is 95.1 cm³/mol. The molecule has 1 aromatic rings. The molecule has 0 radical (unpaired) electrons. The Morgan fingerprint density at radius 1 is 1.28 bits per heavy atom. The van der Waals surface area contributed by atoms with Crippen LogP contribution in [0.3, 0.4) is 0 Å². The number of carbonyl (C=O) groups is 2. The average molecular weight is 348 g/mol. The molecule has 2 heterocycles. The van der Waals surface area contributed by atoms with Gasteiger partial charge >= 0.3 is 12.1 Å². The third-order valence-electron chi connectivity index (χ3n) is 3.91. The molecule has 1 aromatic heterocycles. The second-order valence-electron chi connectivity index (χ2n) is 7.21. The van der Waals surface area contributed by atoms with Crippen LogP contribution >= 0.6 is 0 Å². The second kappa shape index (κ2) is 8.69. The number of hydrogen-bond acceptors (Lipinski definition) is 4. The molecule has 7 heteroatoms. The first-order valence-corrected chi connectivity index (χ1v) is 8.76. The summed E-state index contributed by atoms with van der Waals surface area (Å²) in [6.07, 6.45) is 4.24. The highest BCUT2D eigenvalue weighted by atomic mass is 16.6. The lowest BCUT2D eigenvalue weighted by molar-refractivity contribution is 0.0102. The quantitative estimate of drug-likeness (QED) is 0.876. The van der Waals surface area contributed by atoms with Crippen LogP contribution in [-0.4, -0.2) is 46.7 Å². The van der Waals surface area contributed by atoms with Crippen molar-refractivity contribution >= 4 is 12.1 Å². The van der Waals surface area contributed by atoms with Gasteiger partial charge in [0, 0.05) is 19.3 Å². The van der Waals surface area contributed by atoms with Crippen LogP contribution in [0.4, 0.5) is 9.59 Å². The van der Waals surface area contributed by atoms with E-state index in [2.05, 4.69) is 15.6 Å². The zero-order valence-electron chi connectivity index (χ0n) is 15.2. The Morgan fingerprint density at radius 3 is 2.76 bits per heavy atom. The van der Waals surface area contributed by atoms with E-state index in [1.165, 1.54) is 0 Å². The summed E-state index contributed by atoms with van der Waals surface area (Å²) in [6.45, 7) is 7.00. The van der Waals surface area contributed by atoms with Crippen molar-refractivity contribution in [2.75, 3.05) is 13.1 Å². The molecular weight excluding hydrogens is 320 g/mol. The van der Waals surface area contributed by atoms with Crippen molar-refractivity contribution in [3.8, 4) is 0 Å². The number of nitrogens with one attached hydrogen (secondary N) is 2. The fourth-order valence-corrected chi connectivity index (χ4v) is 2.72. The van der Waals surface area contributed by atoms with Gasteiger partial charge in [0.15, 0.2) is 0 Å². The number of carbonyl (C=O) groups excluding carboxylic acids is 2. The monoisotopic (exact) mass is 348 g/mol. The Kier molecular flexibility index (Phi) is 6.61. The summed E-state index contributed by atoms with van der Waals surface area (Å²) < 4.78 is 5.47. The van der Waals surface area contributed by atoms with Gasteiger partial charge in [-0.25, -0.2) is 9.59 Å². The number of rotatable bonds is 4. The lowest BCUT2D eigenvalue weighted by Gasteiger charge is -2.36. The predicted octanol–water partition coefficient (Wildman–Crippen LogP) is 2.67. The molecule has 0 aliphatic carbocycles. The summed E-state index contributed by atoms with van der Waals surface area (Å²) in [5, 5.41) is 5.62. The zero-order chi connectivity index (χ0) is 18.3. The topological polar surface area (TPSA) is 83.6 Å². The minimum atomic E-state index is -0.521. The number of aromatic nitrogens is 1. The summed E-state index contributed by atoms with van der Waals surface area (Å²) in [4.78, 5) is 30.2. The molecule has 0 bridgehead atoms. The Bertz CT molecular complexity index is 571. The van der Waals surface area contributed by atoms with Gasteiger partial charge in [0.2, 0.25) is 0 Å². The van der Waals surface area contributed by atoms with Crippen molar-refractivity contribution in [3.05, 3.63) is 30.1 Å². The highest BCUT2D eigenvalue weighted by Crippen LogP contribution is 2.20. The average Bonchev–Trinajstić information content (AvgIpc) is 2.58. The van der Waals surface area contributed by atoms with Crippen molar-refractivity contribution in [2.24, 2.45) is 0 Å². The van der Waals surface area contributed by atoms with E-state index in [9.17, 15) is 9.59 Å². The van der Waals surface area contributed by atoms with E-state index < -0.39 is 5.60 Å². The third-order valence-corrected chi connectivity index (χ3v) is 3.91. The summed E-state index contributed by atoms with van der Waals surface area (Å²) in [5.74, 6) is 0. The third kappa shape index (κ3) is 6.60.